The first kappa shape index (κ1) is 12.9. The molecular formula is C13H9Cl2N5. The predicted molar refractivity (Wildman–Crippen MR) is 79.0 cm³/mol. The molecule has 0 aliphatic carbocycles. The van der Waals surface area contributed by atoms with Gasteiger partial charge >= 0.3 is 0 Å². The van der Waals surface area contributed by atoms with Crippen LogP contribution in [-0.4, -0.2) is 20.2 Å². The van der Waals surface area contributed by atoms with Crippen LogP contribution in [0.1, 0.15) is 0 Å². The van der Waals surface area contributed by atoms with Crippen molar-refractivity contribution in [2.45, 2.75) is 0 Å². The Hall–Kier alpha value is -2.11. The largest absolute Gasteiger partial charge is 0.398 e. The van der Waals surface area contributed by atoms with Crippen molar-refractivity contribution in [1.82, 2.24) is 20.2 Å². The maximum atomic E-state index is 6.03. The highest BCUT2D eigenvalue weighted by molar-refractivity contribution is 6.33. The summed E-state index contributed by atoms with van der Waals surface area (Å²) in [6.07, 6.45) is 0. The smallest absolute Gasteiger partial charge is 0.187 e. The van der Waals surface area contributed by atoms with Crippen LogP contribution >= 0.6 is 23.2 Å². The van der Waals surface area contributed by atoms with Crippen LogP contribution in [0.25, 0.3) is 17.1 Å². The zero-order valence-corrected chi connectivity index (χ0v) is 11.7. The Morgan fingerprint density at radius 1 is 1.05 bits per heavy atom. The molecule has 0 saturated carbocycles. The molecule has 0 aliphatic heterocycles. The Morgan fingerprint density at radius 2 is 1.90 bits per heavy atom. The average Bonchev–Trinajstić information content (AvgIpc) is 2.91. The molecule has 0 amide bonds. The Kier molecular flexibility index (Phi) is 3.30. The number of rotatable bonds is 2. The minimum atomic E-state index is 0.461. The molecule has 3 aromatic rings. The monoisotopic (exact) mass is 305 g/mol. The molecule has 0 unspecified atom stereocenters. The number of hydrogen-bond donors (Lipinski definition) is 1. The molecule has 5 nitrogen and oxygen atoms in total. The van der Waals surface area contributed by atoms with Crippen molar-refractivity contribution in [3.05, 3.63) is 52.5 Å². The second kappa shape index (κ2) is 5.11. The van der Waals surface area contributed by atoms with Gasteiger partial charge in [0, 0.05) is 10.6 Å². The van der Waals surface area contributed by atoms with E-state index in [1.807, 2.05) is 18.2 Å². The molecule has 0 radical (unpaired) electrons. The Morgan fingerprint density at radius 3 is 2.65 bits per heavy atom. The minimum Gasteiger partial charge on any atom is -0.398 e. The van der Waals surface area contributed by atoms with E-state index in [2.05, 4.69) is 15.5 Å². The second-order valence-corrected chi connectivity index (χ2v) is 4.97. The molecule has 0 fully saturated rings. The van der Waals surface area contributed by atoms with Crippen LogP contribution < -0.4 is 5.73 Å². The van der Waals surface area contributed by atoms with Crippen molar-refractivity contribution in [3.8, 4) is 17.1 Å². The van der Waals surface area contributed by atoms with Gasteiger partial charge in [0.05, 0.1) is 16.4 Å². The number of nitrogens with two attached hydrogens (primary N) is 1. The highest BCUT2D eigenvalue weighted by Gasteiger charge is 2.12. The van der Waals surface area contributed by atoms with Gasteiger partial charge < -0.3 is 5.73 Å². The first-order valence-corrected chi connectivity index (χ1v) is 6.50. The third-order valence-electron chi connectivity index (χ3n) is 2.78. The molecule has 1 heterocycles. The summed E-state index contributed by atoms with van der Waals surface area (Å²) >= 11 is 12.0. The maximum Gasteiger partial charge on any atom is 0.187 e. The molecule has 0 bridgehead atoms. The summed E-state index contributed by atoms with van der Waals surface area (Å²) in [5, 5.41) is 12.8. The molecule has 7 heteroatoms. The zero-order valence-electron chi connectivity index (χ0n) is 10.2. The van der Waals surface area contributed by atoms with Gasteiger partial charge in [0.1, 0.15) is 0 Å². The molecule has 1 aromatic heterocycles. The lowest BCUT2D eigenvalue weighted by atomic mass is 10.2. The molecular weight excluding hydrogens is 297 g/mol. The molecule has 0 spiro atoms. The van der Waals surface area contributed by atoms with Gasteiger partial charge in [-0.15, -0.1) is 5.10 Å². The molecule has 0 aliphatic rings. The lowest BCUT2D eigenvalue weighted by molar-refractivity contribution is 0.791. The van der Waals surface area contributed by atoms with Crippen LogP contribution in [0.4, 0.5) is 5.69 Å². The van der Waals surface area contributed by atoms with Gasteiger partial charge in [0.15, 0.2) is 5.82 Å². The van der Waals surface area contributed by atoms with Crippen LogP contribution in [0.5, 0.6) is 0 Å². The van der Waals surface area contributed by atoms with E-state index < -0.39 is 0 Å². The van der Waals surface area contributed by atoms with Crippen LogP contribution in [0.3, 0.4) is 0 Å². The van der Waals surface area contributed by atoms with E-state index in [9.17, 15) is 0 Å². The van der Waals surface area contributed by atoms with Crippen LogP contribution in [0, 0.1) is 0 Å². The zero-order chi connectivity index (χ0) is 14.1. The van der Waals surface area contributed by atoms with Gasteiger partial charge in [-0.1, -0.05) is 29.3 Å². The molecule has 3 rings (SSSR count). The third-order valence-corrected chi connectivity index (χ3v) is 3.34. The Balaban J connectivity index is 2.12. The quantitative estimate of drug-likeness (QED) is 0.738. The fourth-order valence-corrected chi connectivity index (χ4v) is 2.18. The first-order chi connectivity index (χ1) is 9.65. The standard InChI is InChI=1S/C13H9Cl2N5/c14-9-2-1-3-10(7-9)20-13(17-18-19-20)8-4-5-12(16)11(15)6-8/h1-7H,16H2. The first-order valence-electron chi connectivity index (χ1n) is 5.75. The van der Waals surface area contributed by atoms with Gasteiger partial charge in [0.25, 0.3) is 0 Å². The minimum absolute atomic E-state index is 0.461. The third kappa shape index (κ3) is 2.33. The molecule has 0 atom stereocenters. The highest BCUT2D eigenvalue weighted by atomic mass is 35.5. The predicted octanol–water partition coefficient (Wildman–Crippen LogP) is 3.22. The number of benzene rings is 2. The number of aromatic nitrogens is 4. The van der Waals surface area contributed by atoms with E-state index in [-0.39, 0.29) is 0 Å². The van der Waals surface area contributed by atoms with E-state index in [4.69, 9.17) is 28.9 Å². The van der Waals surface area contributed by atoms with Crippen LogP contribution in [0.2, 0.25) is 10.0 Å². The second-order valence-electron chi connectivity index (χ2n) is 4.13. The molecule has 0 saturated heterocycles. The van der Waals surface area contributed by atoms with Crippen LogP contribution in [0.15, 0.2) is 42.5 Å². The number of nitrogen functional groups attached to an aromatic ring is 1. The summed E-state index contributed by atoms with van der Waals surface area (Å²) in [7, 11) is 0. The summed E-state index contributed by atoms with van der Waals surface area (Å²) in [5.74, 6) is 0.564. The fraction of sp³-hybridized carbons (Fsp3) is 0. The molecule has 20 heavy (non-hydrogen) atoms. The van der Waals surface area contributed by atoms with Crippen molar-refractivity contribution in [2.24, 2.45) is 0 Å². The van der Waals surface area contributed by atoms with Crippen molar-refractivity contribution in [1.29, 1.82) is 0 Å². The van der Waals surface area contributed by atoms with E-state index >= 15 is 0 Å². The highest BCUT2D eigenvalue weighted by Crippen LogP contribution is 2.27. The number of anilines is 1. The van der Waals surface area contributed by atoms with Gasteiger partial charge in [0.2, 0.25) is 0 Å². The number of hydrogen-bond acceptors (Lipinski definition) is 4. The SMILES string of the molecule is Nc1ccc(-c2nnnn2-c2cccc(Cl)c2)cc1Cl. The summed E-state index contributed by atoms with van der Waals surface area (Å²) in [6.45, 7) is 0. The van der Waals surface area contributed by atoms with Crippen molar-refractivity contribution < 1.29 is 0 Å². The van der Waals surface area contributed by atoms with Crippen LogP contribution in [-0.2, 0) is 0 Å². The van der Waals surface area contributed by atoms with Crippen molar-refractivity contribution >= 4 is 28.9 Å². The number of nitrogens with zero attached hydrogens (tertiary/aromatic N) is 4. The maximum absolute atomic E-state index is 6.03. The Labute approximate surface area is 124 Å². The van der Waals surface area contributed by atoms with E-state index in [0.717, 1.165) is 11.3 Å². The lowest BCUT2D eigenvalue weighted by Crippen LogP contribution is -2.00. The molecule has 100 valence electrons. The molecule has 2 N–H and O–H groups in total. The van der Waals surface area contributed by atoms with Gasteiger partial charge in [-0.25, -0.2) is 0 Å². The average molecular weight is 306 g/mol. The number of halogens is 2. The number of tetrazole rings is 1. The summed E-state index contributed by atoms with van der Waals surface area (Å²) in [6, 6.07) is 12.5. The molecule has 2 aromatic carbocycles. The topological polar surface area (TPSA) is 69.6 Å². The normalized spacial score (nSPS) is 10.7. The van der Waals surface area contributed by atoms with Gasteiger partial charge in [-0.3, -0.25) is 0 Å². The summed E-state index contributed by atoms with van der Waals surface area (Å²) in [4.78, 5) is 0. The van der Waals surface area contributed by atoms with Crippen molar-refractivity contribution in [3.63, 3.8) is 0 Å². The van der Waals surface area contributed by atoms with E-state index in [0.29, 0.717) is 21.6 Å². The summed E-state index contributed by atoms with van der Waals surface area (Å²) in [5.41, 5.74) is 7.76. The Bertz CT molecular complexity index is 769. The van der Waals surface area contributed by atoms with Gasteiger partial charge in [-0.05, 0) is 46.8 Å². The fourth-order valence-electron chi connectivity index (χ4n) is 1.82. The van der Waals surface area contributed by atoms with E-state index in [1.165, 1.54) is 0 Å². The van der Waals surface area contributed by atoms with Gasteiger partial charge in [-0.2, -0.15) is 4.68 Å². The lowest BCUT2D eigenvalue weighted by Gasteiger charge is -2.06. The van der Waals surface area contributed by atoms with E-state index in [1.54, 1.807) is 28.9 Å². The summed E-state index contributed by atoms with van der Waals surface area (Å²) < 4.78 is 1.59. The van der Waals surface area contributed by atoms with Crippen molar-refractivity contribution in [2.75, 3.05) is 5.73 Å².